The molecule has 0 atom stereocenters. The van der Waals surface area contributed by atoms with Crippen LogP contribution in [0.15, 0.2) is 108 Å². The van der Waals surface area contributed by atoms with Crippen LogP contribution in [0.1, 0.15) is 27.0 Å². The van der Waals surface area contributed by atoms with Gasteiger partial charge in [0, 0.05) is 5.56 Å². The first-order chi connectivity index (χ1) is 18.1. The third kappa shape index (κ3) is 4.91. The molecule has 8 heteroatoms. The van der Waals surface area contributed by atoms with Gasteiger partial charge < -0.3 is 19.3 Å². The van der Waals surface area contributed by atoms with Crippen molar-refractivity contribution in [3.05, 3.63) is 125 Å². The molecule has 8 nitrogen and oxygen atoms in total. The predicted molar refractivity (Wildman–Crippen MR) is 136 cm³/mol. The fraction of sp³-hybridized carbons (Fsp3) is 0.0690. The van der Waals surface area contributed by atoms with Gasteiger partial charge in [-0.25, -0.2) is 10.2 Å². The number of amides is 1. The molecule has 1 aliphatic rings. The lowest BCUT2D eigenvalue weighted by Gasteiger charge is -2.27. The third-order valence-electron chi connectivity index (χ3n) is 5.81. The maximum atomic E-state index is 13.2. The number of carbonyl (C=O) groups is 2. The SMILES string of the molecule is O=C(Oc1ccccc1/C=N\NC(=O)C(O)(c1ccccc1)c1ccccc1)c1ccc2c(c1)OCO2. The minimum absolute atomic E-state index is 0.0997. The molecule has 1 heterocycles. The molecular formula is C29H22N2O6. The normalized spacial score (nSPS) is 12.4. The van der Waals surface area contributed by atoms with Crippen molar-refractivity contribution in [2.45, 2.75) is 5.60 Å². The van der Waals surface area contributed by atoms with E-state index in [2.05, 4.69) is 10.5 Å². The zero-order valence-corrected chi connectivity index (χ0v) is 19.5. The summed E-state index contributed by atoms with van der Waals surface area (Å²) in [6, 6.07) is 28.7. The molecule has 4 aromatic rings. The standard InChI is InChI=1S/C29H22N2O6/c32-27(20-15-16-25-26(17-20)36-19-35-25)37-24-14-8-7-9-21(24)18-30-31-28(33)29(34,22-10-3-1-4-11-22)23-12-5-2-6-13-23/h1-18,34H,19H2,(H,31,33)/b30-18-. The first-order valence-electron chi connectivity index (χ1n) is 11.4. The second-order valence-electron chi connectivity index (χ2n) is 8.14. The summed E-state index contributed by atoms with van der Waals surface area (Å²) in [6.45, 7) is 0.0997. The largest absolute Gasteiger partial charge is 0.454 e. The van der Waals surface area contributed by atoms with Gasteiger partial charge in [0.05, 0.1) is 11.8 Å². The van der Waals surface area contributed by atoms with Crippen LogP contribution in [0.5, 0.6) is 17.2 Å². The van der Waals surface area contributed by atoms with Crippen LogP contribution in [0.25, 0.3) is 0 Å². The van der Waals surface area contributed by atoms with E-state index >= 15 is 0 Å². The van der Waals surface area contributed by atoms with Crippen LogP contribution in [0.3, 0.4) is 0 Å². The van der Waals surface area contributed by atoms with Crippen LogP contribution in [-0.2, 0) is 10.4 Å². The smallest absolute Gasteiger partial charge is 0.343 e. The Morgan fingerprint density at radius 1 is 0.838 bits per heavy atom. The molecule has 37 heavy (non-hydrogen) atoms. The van der Waals surface area contributed by atoms with Crippen LogP contribution in [0.2, 0.25) is 0 Å². The van der Waals surface area contributed by atoms with E-state index in [1.807, 2.05) is 0 Å². The number of hydrogen-bond acceptors (Lipinski definition) is 7. The summed E-state index contributed by atoms with van der Waals surface area (Å²) in [5.41, 5.74) is 1.98. The quantitative estimate of drug-likeness (QED) is 0.174. The molecule has 1 amide bonds. The van der Waals surface area contributed by atoms with Crippen LogP contribution >= 0.6 is 0 Å². The van der Waals surface area contributed by atoms with E-state index in [0.717, 1.165) is 0 Å². The molecule has 0 unspecified atom stereocenters. The monoisotopic (exact) mass is 494 g/mol. The van der Waals surface area contributed by atoms with Crippen molar-refractivity contribution >= 4 is 18.1 Å². The Morgan fingerprint density at radius 3 is 2.16 bits per heavy atom. The number of hydrazone groups is 1. The summed E-state index contributed by atoms with van der Waals surface area (Å²) in [4.78, 5) is 25.9. The molecule has 5 rings (SSSR count). The first-order valence-corrected chi connectivity index (χ1v) is 11.4. The number of aliphatic hydroxyl groups is 1. The number of hydrogen-bond donors (Lipinski definition) is 2. The molecule has 0 saturated carbocycles. The van der Waals surface area contributed by atoms with E-state index in [1.165, 1.54) is 6.21 Å². The Hall–Kier alpha value is -4.95. The number of fused-ring (bicyclic) bond motifs is 1. The highest BCUT2D eigenvalue weighted by Gasteiger charge is 2.39. The van der Waals surface area contributed by atoms with Crippen LogP contribution in [-0.4, -0.2) is 30.0 Å². The van der Waals surface area contributed by atoms with Crippen LogP contribution < -0.4 is 19.6 Å². The number of benzene rings is 4. The molecule has 0 aliphatic carbocycles. The molecule has 0 bridgehead atoms. The van der Waals surface area contributed by atoms with Gasteiger partial charge in [-0.15, -0.1) is 0 Å². The van der Waals surface area contributed by atoms with Crippen molar-refractivity contribution < 1.29 is 28.9 Å². The van der Waals surface area contributed by atoms with Gasteiger partial charge in [-0.2, -0.15) is 5.10 Å². The lowest BCUT2D eigenvalue weighted by molar-refractivity contribution is -0.136. The zero-order valence-electron chi connectivity index (χ0n) is 19.5. The predicted octanol–water partition coefficient (Wildman–Crippen LogP) is 4.02. The van der Waals surface area contributed by atoms with Crippen molar-refractivity contribution in [3.63, 3.8) is 0 Å². The summed E-state index contributed by atoms with van der Waals surface area (Å²) in [5.74, 6) is -0.0617. The molecule has 0 radical (unpaired) electrons. The van der Waals surface area contributed by atoms with Crippen LogP contribution in [0.4, 0.5) is 0 Å². The maximum Gasteiger partial charge on any atom is 0.343 e. The molecule has 0 fully saturated rings. The minimum atomic E-state index is -1.97. The summed E-state index contributed by atoms with van der Waals surface area (Å²) in [7, 11) is 0. The Bertz CT molecular complexity index is 1410. The second-order valence-corrected chi connectivity index (χ2v) is 8.14. The van der Waals surface area contributed by atoms with E-state index in [9.17, 15) is 14.7 Å². The fourth-order valence-corrected chi connectivity index (χ4v) is 3.89. The van der Waals surface area contributed by atoms with E-state index in [0.29, 0.717) is 33.8 Å². The lowest BCUT2D eigenvalue weighted by Crippen LogP contribution is -2.43. The Kier molecular flexibility index (Phi) is 6.65. The number of esters is 1. The highest BCUT2D eigenvalue weighted by atomic mass is 16.7. The van der Waals surface area contributed by atoms with Crippen molar-refractivity contribution in [1.29, 1.82) is 0 Å². The summed E-state index contributed by atoms with van der Waals surface area (Å²) in [5, 5.41) is 15.5. The molecule has 184 valence electrons. The van der Waals surface area contributed by atoms with Crippen LogP contribution in [0, 0.1) is 0 Å². The molecular weight excluding hydrogens is 472 g/mol. The molecule has 0 spiro atoms. The average Bonchev–Trinajstić information content (AvgIpc) is 3.42. The number of carbonyl (C=O) groups excluding carboxylic acids is 2. The van der Waals surface area contributed by atoms with Gasteiger partial charge in [-0.3, -0.25) is 4.79 Å². The molecule has 1 aliphatic heterocycles. The minimum Gasteiger partial charge on any atom is -0.454 e. The average molecular weight is 495 g/mol. The lowest BCUT2D eigenvalue weighted by atomic mass is 9.85. The zero-order chi connectivity index (χ0) is 25.7. The van der Waals surface area contributed by atoms with Gasteiger partial charge in [0.1, 0.15) is 5.75 Å². The first kappa shape index (κ1) is 23.8. The van der Waals surface area contributed by atoms with Crippen molar-refractivity contribution in [2.24, 2.45) is 5.10 Å². The number of rotatable bonds is 7. The third-order valence-corrected chi connectivity index (χ3v) is 5.81. The van der Waals surface area contributed by atoms with Gasteiger partial charge in [0.15, 0.2) is 17.1 Å². The van der Waals surface area contributed by atoms with Crippen molar-refractivity contribution in [3.8, 4) is 17.2 Å². The van der Waals surface area contributed by atoms with Gasteiger partial charge in [0.2, 0.25) is 6.79 Å². The maximum absolute atomic E-state index is 13.2. The molecule has 4 aromatic carbocycles. The molecule has 0 saturated heterocycles. The number of para-hydroxylation sites is 1. The van der Waals surface area contributed by atoms with Gasteiger partial charge in [0.25, 0.3) is 5.91 Å². The van der Waals surface area contributed by atoms with E-state index < -0.39 is 17.5 Å². The Morgan fingerprint density at radius 2 is 1.46 bits per heavy atom. The summed E-state index contributed by atoms with van der Waals surface area (Å²) >= 11 is 0. The van der Waals surface area contributed by atoms with E-state index in [4.69, 9.17) is 14.2 Å². The summed E-state index contributed by atoms with van der Waals surface area (Å²) in [6.07, 6.45) is 1.34. The van der Waals surface area contributed by atoms with Gasteiger partial charge in [-0.05, 0) is 41.5 Å². The van der Waals surface area contributed by atoms with Crippen molar-refractivity contribution in [1.82, 2.24) is 5.43 Å². The molecule has 2 N–H and O–H groups in total. The van der Waals surface area contributed by atoms with Gasteiger partial charge >= 0.3 is 5.97 Å². The highest BCUT2D eigenvalue weighted by Crippen LogP contribution is 2.33. The number of nitrogens with zero attached hydrogens (tertiary/aromatic N) is 1. The molecule has 0 aromatic heterocycles. The number of ether oxygens (including phenoxy) is 3. The van der Waals surface area contributed by atoms with Crippen molar-refractivity contribution in [2.75, 3.05) is 6.79 Å². The van der Waals surface area contributed by atoms with E-state index in [-0.39, 0.29) is 12.5 Å². The Labute approximate surface area is 212 Å². The van der Waals surface area contributed by atoms with Gasteiger partial charge in [-0.1, -0.05) is 72.8 Å². The highest BCUT2D eigenvalue weighted by molar-refractivity contribution is 5.94. The number of nitrogens with one attached hydrogen (secondary N) is 1. The second kappa shape index (κ2) is 10.3. The Balaban J connectivity index is 1.34. The fourth-order valence-electron chi connectivity index (χ4n) is 3.89. The van der Waals surface area contributed by atoms with E-state index in [1.54, 1.807) is 103 Å². The topological polar surface area (TPSA) is 106 Å². The summed E-state index contributed by atoms with van der Waals surface area (Å²) < 4.78 is 16.2.